The Balaban J connectivity index is 1.30. The van der Waals surface area contributed by atoms with E-state index in [0.29, 0.717) is 41.4 Å². The summed E-state index contributed by atoms with van der Waals surface area (Å²) in [6.45, 7) is 1.83. The molecule has 13 heteroatoms. The normalized spacial score (nSPS) is 25.6. The van der Waals surface area contributed by atoms with E-state index in [1.54, 1.807) is 23.1 Å². The van der Waals surface area contributed by atoms with Crippen molar-refractivity contribution >= 4 is 55.1 Å². The number of benzene rings is 2. The maximum atomic E-state index is 13.3. The zero-order chi connectivity index (χ0) is 27.2. The smallest absolute Gasteiger partial charge is 0.254 e. The summed E-state index contributed by atoms with van der Waals surface area (Å²) in [6, 6.07) is 12.6. The minimum absolute atomic E-state index is 0.0342. The molecule has 0 aromatic heterocycles. The Bertz CT molecular complexity index is 1310. The highest BCUT2D eigenvalue weighted by atomic mass is 16.5. The predicted octanol–water partition coefficient (Wildman–Crippen LogP) is -0.189. The Morgan fingerprint density at radius 3 is 2.45 bits per heavy atom. The number of ether oxygens (including phenoxy) is 2. The number of hydrogen-bond donors (Lipinski definition) is 0. The Kier molecular flexibility index (Phi) is 6.90. The van der Waals surface area contributed by atoms with Crippen LogP contribution in [0.15, 0.2) is 42.5 Å². The van der Waals surface area contributed by atoms with Crippen LogP contribution >= 0.6 is 0 Å². The van der Waals surface area contributed by atoms with E-state index in [1.165, 1.54) is 0 Å². The zero-order valence-electron chi connectivity index (χ0n) is 20.5. The van der Waals surface area contributed by atoms with Crippen LogP contribution in [0.3, 0.4) is 0 Å². The van der Waals surface area contributed by atoms with Crippen LogP contribution in [0.5, 0.6) is 5.75 Å². The van der Waals surface area contributed by atoms with Gasteiger partial charge in [-0.05, 0) is 29.1 Å². The fraction of sp³-hybridized carbons (Fsp3) is 0.360. The van der Waals surface area contributed by atoms with E-state index in [9.17, 15) is 19.2 Å². The summed E-state index contributed by atoms with van der Waals surface area (Å²) in [7, 11) is 24.0. The summed E-state index contributed by atoms with van der Waals surface area (Å²) in [5, 5.41) is 0. The van der Waals surface area contributed by atoms with Gasteiger partial charge in [0.1, 0.15) is 26.8 Å². The first kappa shape index (κ1) is 26.2. The molecular formula is C25H21B4N3O6. The number of carbonyl (C=O) groups is 4. The molecule has 3 aliphatic rings. The molecule has 0 N–H and O–H groups in total. The van der Waals surface area contributed by atoms with Gasteiger partial charge in [0.05, 0.1) is 34.3 Å². The van der Waals surface area contributed by atoms with Crippen molar-refractivity contribution in [2.24, 2.45) is 0 Å². The molecule has 38 heavy (non-hydrogen) atoms. The van der Waals surface area contributed by atoms with Crippen LogP contribution < -0.4 is 4.74 Å². The number of hydrogen-bond acceptors (Lipinski definition) is 6. The maximum absolute atomic E-state index is 13.3. The van der Waals surface area contributed by atoms with Crippen molar-refractivity contribution in [1.29, 1.82) is 0 Å². The Hall–Kier alpha value is -3.46. The number of imide groups is 1. The molecule has 9 nitrogen and oxygen atoms in total. The van der Waals surface area contributed by atoms with Gasteiger partial charge in [-0.15, -0.1) is 0 Å². The van der Waals surface area contributed by atoms with Crippen molar-refractivity contribution in [3.63, 3.8) is 0 Å². The van der Waals surface area contributed by atoms with E-state index in [4.69, 9.17) is 41.0 Å². The first-order chi connectivity index (χ1) is 18.1. The van der Waals surface area contributed by atoms with Crippen LogP contribution in [0.25, 0.3) is 0 Å². The molecule has 3 aliphatic heterocycles. The molecule has 3 unspecified atom stereocenters. The van der Waals surface area contributed by atoms with Gasteiger partial charge in [0.25, 0.3) is 5.91 Å². The lowest BCUT2D eigenvalue weighted by Crippen LogP contribution is -2.68. The summed E-state index contributed by atoms with van der Waals surface area (Å²) in [5.74, 6) is -4.76. The summed E-state index contributed by atoms with van der Waals surface area (Å²) in [6.07, 6.45) is 0. The van der Waals surface area contributed by atoms with Gasteiger partial charge < -0.3 is 24.1 Å². The highest BCUT2D eigenvalue weighted by molar-refractivity contribution is 6.47. The van der Waals surface area contributed by atoms with Crippen LogP contribution in [-0.2, 0) is 38.8 Å². The third-order valence-electron chi connectivity index (χ3n) is 7.23. The molecule has 3 heterocycles. The molecule has 5 rings (SSSR count). The SMILES string of the molecule is [B]C1C(=O)N([B])C(=O)C([B])(N2Cc3c(OCc4ccc(CN5CCOCC5=O)cc4)cccc3C2=O)C1[B]. The summed E-state index contributed by atoms with van der Waals surface area (Å²) >= 11 is 0. The standard InChI is InChI=1S/C25H21B4N3O6/c26-20-21(27)25(28,24(36)32(29)23(20)35)31-11-17-16(22(31)34)2-1-3-18(17)38-12-15-6-4-14(5-7-15)10-30-8-9-37-13-19(30)33/h1-7,20-21H,8-13H2. The second kappa shape index (κ2) is 10.0. The number of morpholine rings is 1. The van der Waals surface area contributed by atoms with Gasteiger partial charge in [0.2, 0.25) is 25.7 Å². The lowest BCUT2D eigenvalue weighted by atomic mass is 9.48. The molecule has 2 aromatic carbocycles. The van der Waals surface area contributed by atoms with Crippen LogP contribution in [0.1, 0.15) is 27.0 Å². The van der Waals surface area contributed by atoms with Gasteiger partial charge in [0.15, 0.2) is 0 Å². The molecule has 8 radical (unpaired) electrons. The molecular weight excluding hydrogens is 482 g/mol. The van der Waals surface area contributed by atoms with Crippen molar-refractivity contribution in [3.8, 4) is 5.75 Å². The molecule has 3 atom stereocenters. The van der Waals surface area contributed by atoms with Crippen LogP contribution in [0.4, 0.5) is 0 Å². The van der Waals surface area contributed by atoms with Crippen molar-refractivity contribution in [3.05, 3.63) is 64.7 Å². The molecule has 0 bridgehead atoms. The fourth-order valence-electron chi connectivity index (χ4n) is 4.90. The molecule has 0 aliphatic carbocycles. The van der Waals surface area contributed by atoms with Gasteiger partial charge >= 0.3 is 0 Å². The predicted molar refractivity (Wildman–Crippen MR) is 138 cm³/mol. The maximum Gasteiger partial charge on any atom is 0.254 e. The van der Waals surface area contributed by atoms with E-state index < -0.39 is 34.8 Å². The molecule has 4 amide bonds. The second-order valence-electron chi connectivity index (χ2n) is 9.54. The summed E-state index contributed by atoms with van der Waals surface area (Å²) in [5.41, 5.74) is 0.570. The zero-order valence-corrected chi connectivity index (χ0v) is 20.5. The Labute approximate surface area is 225 Å². The van der Waals surface area contributed by atoms with Crippen molar-refractivity contribution in [2.45, 2.75) is 36.8 Å². The van der Waals surface area contributed by atoms with Crippen LogP contribution in [-0.4, -0.2) is 95.0 Å². The molecule has 0 spiro atoms. The molecule has 0 saturated carbocycles. The fourth-order valence-corrected chi connectivity index (χ4v) is 4.90. The topological polar surface area (TPSA) is 96.5 Å². The number of nitrogens with zero attached hydrogens (tertiary/aromatic N) is 3. The third-order valence-corrected chi connectivity index (χ3v) is 7.23. The van der Waals surface area contributed by atoms with Crippen molar-refractivity contribution < 1.29 is 28.7 Å². The lowest BCUT2D eigenvalue weighted by molar-refractivity contribution is -0.147. The number of fused-ring (bicyclic) bond motifs is 1. The van der Waals surface area contributed by atoms with E-state index >= 15 is 0 Å². The van der Waals surface area contributed by atoms with E-state index in [-0.39, 0.29) is 25.7 Å². The second-order valence-corrected chi connectivity index (χ2v) is 9.54. The lowest BCUT2D eigenvalue weighted by Gasteiger charge is -2.51. The average Bonchev–Trinajstić information content (AvgIpc) is 3.28. The highest BCUT2D eigenvalue weighted by Crippen LogP contribution is 2.44. The largest absolute Gasteiger partial charge is 0.489 e. The van der Waals surface area contributed by atoms with Gasteiger partial charge in [-0.25, -0.2) is 0 Å². The minimum atomic E-state index is -2.12. The van der Waals surface area contributed by atoms with Crippen molar-refractivity contribution in [2.75, 3.05) is 19.8 Å². The van der Waals surface area contributed by atoms with E-state index in [1.807, 2.05) is 24.3 Å². The van der Waals surface area contributed by atoms with Gasteiger partial charge in [-0.1, -0.05) is 36.1 Å². The number of rotatable bonds is 6. The molecule has 2 fully saturated rings. The monoisotopic (exact) mass is 503 g/mol. The average molecular weight is 503 g/mol. The van der Waals surface area contributed by atoms with Gasteiger partial charge in [0, 0.05) is 24.2 Å². The van der Waals surface area contributed by atoms with Crippen molar-refractivity contribution in [1.82, 2.24) is 14.6 Å². The van der Waals surface area contributed by atoms with Gasteiger partial charge in [-0.2, -0.15) is 0 Å². The van der Waals surface area contributed by atoms with Crippen LogP contribution in [0, 0.1) is 0 Å². The number of amides is 4. The highest BCUT2D eigenvalue weighted by Gasteiger charge is 2.55. The third kappa shape index (κ3) is 4.32. The number of piperidine rings is 1. The van der Waals surface area contributed by atoms with E-state index in [2.05, 4.69) is 0 Å². The molecule has 184 valence electrons. The molecule has 2 aromatic rings. The van der Waals surface area contributed by atoms with Gasteiger partial charge in [-0.3, -0.25) is 19.2 Å². The first-order valence-corrected chi connectivity index (χ1v) is 12.1. The minimum Gasteiger partial charge on any atom is -0.489 e. The quantitative estimate of drug-likeness (QED) is 0.401. The Morgan fingerprint density at radius 1 is 1.03 bits per heavy atom. The summed E-state index contributed by atoms with van der Waals surface area (Å²) < 4.78 is 11.2. The number of carbonyl (C=O) groups excluding carboxylic acids is 4. The van der Waals surface area contributed by atoms with E-state index in [0.717, 1.165) is 16.0 Å². The first-order valence-electron chi connectivity index (χ1n) is 12.1. The Morgan fingerprint density at radius 2 is 1.74 bits per heavy atom. The van der Waals surface area contributed by atoms with Crippen LogP contribution in [0.2, 0.25) is 11.6 Å². The molecule has 2 saturated heterocycles. The summed E-state index contributed by atoms with van der Waals surface area (Å²) in [4.78, 5) is 53.5.